The van der Waals surface area contributed by atoms with Crippen LogP contribution in [0.3, 0.4) is 0 Å². The number of fused-ring (bicyclic) bond motifs is 1. The quantitative estimate of drug-likeness (QED) is 0.725. The van der Waals surface area contributed by atoms with Crippen LogP contribution in [-0.4, -0.2) is 39.9 Å². The standard InChI is InChI=1S/C17H21NO6/c1-17(2,3)24-16(23)18-11-8-9-6-4-5-7-10(9)12(11)13(14(19)20)15(21)22/h4-7,11-13H,8H2,1-3H3,(H,18,23)(H,19,20)(H,21,22)/t11-,12-/m1/s1. The molecular formula is C17H21NO6. The molecule has 0 unspecified atom stereocenters. The normalized spacial score (nSPS) is 19.7. The minimum atomic E-state index is -1.64. The van der Waals surface area contributed by atoms with Crippen molar-refractivity contribution in [3.8, 4) is 0 Å². The van der Waals surface area contributed by atoms with Crippen molar-refractivity contribution in [1.29, 1.82) is 0 Å². The number of benzene rings is 1. The first-order valence-corrected chi connectivity index (χ1v) is 7.63. The van der Waals surface area contributed by atoms with E-state index in [4.69, 9.17) is 4.74 Å². The number of carbonyl (C=O) groups excluding carboxylic acids is 1. The molecule has 2 atom stereocenters. The Balaban J connectivity index is 2.32. The van der Waals surface area contributed by atoms with Crippen LogP contribution in [0.15, 0.2) is 24.3 Å². The minimum absolute atomic E-state index is 0.358. The fraction of sp³-hybridized carbons (Fsp3) is 0.471. The Morgan fingerprint density at radius 1 is 1.17 bits per heavy atom. The molecule has 0 bridgehead atoms. The Morgan fingerprint density at radius 2 is 1.75 bits per heavy atom. The Kier molecular flexibility index (Phi) is 4.82. The van der Waals surface area contributed by atoms with E-state index in [1.54, 1.807) is 45.0 Å². The van der Waals surface area contributed by atoms with E-state index in [0.717, 1.165) is 5.56 Å². The van der Waals surface area contributed by atoms with Crippen molar-refractivity contribution in [1.82, 2.24) is 5.32 Å². The lowest BCUT2D eigenvalue weighted by atomic mass is 9.84. The number of carbonyl (C=O) groups is 3. The smallest absolute Gasteiger partial charge is 0.407 e. The van der Waals surface area contributed by atoms with E-state index in [0.29, 0.717) is 12.0 Å². The van der Waals surface area contributed by atoms with Gasteiger partial charge in [0.05, 0.1) is 0 Å². The number of carboxylic acid groups (broad SMARTS) is 2. The summed E-state index contributed by atoms with van der Waals surface area (Å²) < 4.78 is 5.20. The second kappa shape index (κ2) is 6.51. The number of rotatable bonds is 4. The number of hydrogen-bond acceptors (Lipinski definition) is 4. The van der Waals surface area contributed by atoms with E-state index < -0.39 is 41.5 Å². The Hall–Kier alpha value is -2.57. The maximum atomic E-state index is 12.0. The zero-order chi connectivity index (χ0) is 18.1. The first-order valence-electron chi connectivity index (χ1n) is 7.63. The molecular weight excluding hydrogens is 314 g/mol. The molecule has 0 radical (unpaired) electrons. The highest BCUT2D eigenvalue weighted by atomic mass is 16.6. The third kappa shape index (κ3) is 3.84. The van der Waals surface area contributed by atoms with Crippen molar-refractivity contribution in [3.05, 3.63) is 35.4 Å². The highest BCUT2D eigenvalue weighted by Crippen LogP contribution is 2.39. The Bertz CT molecular complexity index is 649. The minimum Gasteiger partial charge on any atom is -0.481 e. The molecule has 0 fully saturated rings. The first-order chi connectivity index (χ1) is 11.1. The molecule has 0 saturated carbocycles. The van der Waals surface area contributed by atoms with Crippen molar-refractivity contribution < 1.29 is 29.3 Å². The van der Waals surface area contributed by atoms with E-state index in [1.165, 1.54) is 0 Å². The molecule has 24 heavy (non-hydrogen) atoms. The fourth-order valence-corrected chi connectivity index (χ4v) is 3.05. The molecule has 1 aliphatic carbocycles. The van der Waals surface area contributed by atoms with Gasteiger partial charge in [-0.1, -0.05) is 24.3 Å². The van der Waals surface area contributed by atoms with E-state index >= 15 is 0 Å². The summed E-state index contributed by atoms with van der Waals surface area (Å²) >= 11 is 0. The van der Waals surface area contributed by atoms with Gasteiger partial charge < -0.3 is 20.3 Å². The largest absolute Gasteiger partial charge is 0.481 e. The van der Waals surface area contributed by atoms with Gasteiger partial charge in [-0.25, -0.2) is 4.79 Å². The monoisotopic (exact) mass is 335 g/mol. The van der Waals surface area contributed by atoms with Crippen LogP contribution in [0.2, 0.25) is 0 Å². The SMILES string of the molecule is CC(C)(C)OC(=O)N[C@@H]1Cc2ccccc2[C@H]1C(C(=O)O)C(=O)O. The zero-order valence-electron chi connectivity index (χ0n) is 13.8. The van der Waals surface area contributed by atoms with Crippen LogP contribution < -0.4 is 5.32 Å². The van der Waals surface area contributed by atoms with Crippen molar-refractivity contribution in [2.24, 2.45) is 5.92 Å². The number of carboxylic acids is 2. The Labute approximate surface area is 139 Å². The van der Waals surface area contributed by atoms with Crippen LogP contribution in [0.4, 0.5) is 4.79 Å². The number of alkyl carbamates (subject to hydrolysis) is 1. The molecule has 7 heteroatoms. The van der Waals surface area contributed by atoms with Gasteiger partial charge in [-0.05, 0) is 38.3 Å². The first kappa shape index (κ1) is 17.8. The molecule has 0 aliphatic heterocycles. The average Bonchev–Trinajstić information content (AvgIpc) is 2.74. The summed E-state index contributed by atoms with van der Waals surface area (Å²) in [5.41, 5.74) is 0.758. The summed E-state index contributed by atoms with van der Waals surface area (Å²) in [5, 5.41) is 21.3. The van der Waals surface area contributed by atoms with Crippen LogP contribution in [0.5, 0.6) is 0 Å². The molecule has 3 N–H and O–H groups in total. The highest BCUT2D eigenvalue weighted by Gasteiger charge is 2.45. The highest BCUT2D eigenvalue weighted by molar-refractivity contribution is 5.94. The van der Waals surface area contributed by atoms with Crippen LogP contribution in [0.25, 0.3) is 0 Å². The van der Waals surface area contributed by atoms with Crippen LogP contribution >= 0.6 is 0 Å². The van der Waals surface area contributed by atoms with Gasteiger partial charge in [0.15, 0.2) is 5.92 Å². The number of amides is 1. The summed E-state index contributed by atoms with van der Waals surface area (Å²) in [7, 11) is 0. The van der Waals surface area contributed by atoms with E-state index in [-0.39, 0.29) is 0 Å². The summed E-state index contributed by atoms with van der Waals surface area (Å²) in [6.45, 7) is 5.14. The van der Waals surface area contributed by atoms with Gasteiger partial charge in [-0.3, -0.25) is 9.59 Å². The van der Waals surface area contributed by atoms with Crippen molar-refractivity contribution in [2.45, 2.75) is 44.8 Å². The molecule has 130 valence electrons. The van der Waals surface area contributed by atoms with Crippen LogP contribution in [-0.2, 0) is 20.7 Å². The van der Waals surface area contributed by atoms with Gasteiger partial charge in [0.1, 0.15) is 5.60 Å². The zero-order valence-corrected chi connectivity index (χ0v) is 13.8. The lowest BCUT2D eigenvalue weighted by Crippen LogP contribution is -2.45. The van der Waals surface area contributed by atoms with Gasteiger partial charge >= 0.3 is 18.0 Å². The van der Waals surface area contributed by atoms with Crippen LogP contribution in [0, 0.1) is 5.92 Å². The second-order valence-corrected chi connectivity index (χ2v) is 6.84. The molecule has 1 amide bonds. The van der Waals surface area contributed by atoms with Crippen molar-refractivity contribution >= 4 is 18.0 Å². The summed E-state index contributed by atoms with van der Waals surface area (Å²) in [6, 6.07) is 6.37. The summed E-state index contributed by atoms with van der Waals surface area (Å²) in [4.78, 5) is 35.0. The van der Waals surface area contributed by atoms with Gasteiger partial charge in [-0.2, -0.15) is 0 Å². The fourth-order valence-electron chi connectivity index (χ4n) is 3.05. The predicted molar refractivity (Wildman–Crippen MR) is 84.8 cm³/mol. The van der Waals surface area contributed by atoms with Gasteiger partial charge in [0.25, 0.3) is 0 Å². The van der Waals surface area contributed by atoms with Gasteiger partial charge in [0, 0.05) is 12.0 Å². The number of aliphatic carboxylic acids is 2. The molecule has 0 aromatic heterocycles. The Morgan fingerprint density at radius 3 is 2.29 bits per heavy atom. The topological polar surface area (TPSA) is 113 Å². The number of nitrogens with one attached hydrogen (secondary N) is 1. The van der Waals surface area contributed by atoms with Crippen LogP contribution in [0.1, 0.15) is 37.8 Å². The van der Waals surface area contributed by atoms with Crippen molar-refractivity contribution in [3.63, 3.8) is 0 Å². The molecule has 7 nitrogen and oxygen atoms in total. The van der Waals surface area contributed by atoms with E-state index in [2.05, 4.69) is 5.32 Å². The molecule has 1 aromatic rings. The average molecular weight is 335 g/mol. The maximum absolute atomic E-state index is 12.0. The predicted octanol–water partition coefficient (Wildman–Crippen LogP) is 2.00. The molecule has 0 spiro atoms. The summed E-state index contributed by atoms with van der Waals surface area (Å²) in [5.74, 6) is -5.36. The van der Waals surface area contributed by atoms with E-state index in [1.807, 2.05) is 0 Å². The number of ether oxygens (including phenoxy) is 1. The number of hydrogen-bond donors (Lipinski definition) is 3. The van der Waals surface area contributed by atoms with Gasteiger partial charge in [-0.15, -0.1) is 0 Å². The molecule has 0 saturated heterocycles. The third-order valence-electron chi connectivity index (χ3n) is 3.88. The van der Waals surface area contributed by atoms with Crippen molar-refractivity contribution in [2.75, 3.05) is 0 Å². The maximum Gasteiger partial charge on any atom is 0.407 e. The third-order valence-corrected chi connectivity index (χ3v) is 3.88. The molecule has 1 aromatic carbocycles. The second-order valence-electron chi connectivity index (χ2n) is 6.84. The lowest BCUT2D eigenvalue weighted by molar-refractivity contribution is -0.156. The lowest BCUT2D eigenvalue weighted by Gasteiger charge is -2.27. The van der Waals surface area contributed by atoms with Gasteiger partial charge in [0.2, 0.25) is 0 Å². The molecule has 0 heterocycles. The molecule has 2 rings (SSSR count). The van der Waals surface area contributed by atoms with E-state index in [9.17, 15) is 24.6 Å². The molecule has 1 aliphatic rings. The summed E-state index contributed by atoms with van der Waals surface area (Å²) in [6.07, 6.45) is -0.336.